The van der Waals surface area contributed by atoms with Crippen LogP contribution >= 0.6 is 11.3 Å². The Morgan fingerprint density at radius 1 is 0.500 bits per heavy atom. The summed E-state index contributed by atoms with van der Waals surface area (Å²) >= 11 is 1.88. The second kappa shape index (κ2) is 12.3. The molecule has 0 fully saturated rings. The summed E-state index contributed by atoms with van der Waals surface area (Å²) in [6.45, 7) is 9.11. The van der Waals surface area contributed by atoms with Crippen LogP contribution in [0.5, 0.6) is 0 Å². The van der Waals surface area contributed by atoms with E-state index in [1.807, 2.05) is 11.3 Å². The van der Waals surface area contributed by atoms with Gasteiger partial charge in [0.2, 0.25) is 0 Å². The fourth-order valence-electron chi connectivity index (χ4n) is 9.34. The van der Waals surface area contributed by atoms with Gasteiger partial charge in [-0.15, -0.1) is 11.3 Å². The molecule has 0 saturated heterocycles. The molecule has 1 aliphatic rings. The van der Waals surface area contributed by atoms with Crippen LogP contribution in [0.1, 0.15) is 36.1 Å². The largest absolute Gasteiger partial charge is 0.309 e. The topological polar surface area (TPSA) is 8.17 Å². The van der Waals surface area contributed by atoms with Crippen molar-refractivity contribution < 1.29 is 0 Å². The van der Waals surface area contributed by atoms with E-state index in [1.54, 1.807) is 0 Å². The summed E-state index contributed by atoms with van der Waals surface area (Å²) in [5, 5.41) is 5.14. The van der Waals surface area contributed by atoms with Gasteiger partial charge < -0.3 is 9.47 Å². The standard InChI is InChI=1S/C53H40N2S/c1-33-20-21-34(2)50(30-33)55-47-17-9-6-13-41(47)44-31-36(24-29-48(44)55)35-22-25-37(26-23-35)54(49-18-11-15-43-42-14-7-10-19-51(42)56-52(43)49)38-27-28-40-39-12-5-8-16-45(39)53(3,4)46(40)32-38/h5-32H,1-4H3. The lowest BCUT2D eigenvalue weighted by Crippen LogP contribution is -2.16. The third-order valence-corrected chi connectivity index (χ3v) is 13.4. The summed E-state index contributed by atoms with van der Waals surface area (Å²) in [4.78, 5) is 2.47. The van der Waals surface area contributed by atoms with Gasteiger partial charge in [0.15, 0.2) is 0 Å². The number of hydrogen-bond donors (Lipinski definition) is 0. The minimum absolute atomic E-state index is 0.0963. The van der Waals surface area contributed by atoms with Crippen LogP contribution in [0.15, 0.2) is 170 Å². The van der Waals surface area contributed by atoms with Crippen molar-refractivity contribution in [3.05, 3.63) is 192 Å². The highest BCUT2D eigenvalue weighted by molar-refractivity contribution is 7.26. The number of thiophene rings is 1. The fraction of sp³-hybridized carbons (Fsp3) is 0.0943. The minimum Gasteiger partial charge on any atom is -0.309 e. The number of aromatic nitrogens is 1. The highest BCUT2D eigenvalue weighted by atomic mass is 32.1. The Morgan fingerprint density at radius 2 is 1.20 bits per heavy atom. The van der Waals surface area contributed by atoms with E-state index in [2.05, 4.69) is 207 Å². The van der Waals surface area contributed by atoms with Crippen molar-refractivity contribution >= 4 is 70.4 Å². The Labute approximate surface area is 331 Å². The van der Waals surface area contributed by atoms with Crippen molar-refractivity contribution in [2.75, 3.05) is 4.90 Å². The van der Waals surface area contributed by atoms with Crippen molar-refractivity contribution in [3.8, 4) is 27.9 Å². The van der Waals surface area contributed by atoms with Crippen LogP contribution in [-0.4, -0.2) is 4.57 Å². The van der Waals surface area contributed by atoms with E-state index in [0.717, 1.165) is 5.69 Å². The Hall–Kier alpha value is -6.42. The molecule has 2 heterocycles. The minimum atomic E-state index is -0.0963. The number of anilines is 3. The average Bonchev–Trinajstić information content (AvgIpc) is 3.85. The van der Waals surface area contributed by atoms with Crippen molar-refractivity contribution in [2.24, 2.45) is 0 Å². The summed E-state index contributed by atoms with van der Waals surface area (Å²) in [6.07, 6.45) is 0. The first-order chi connectivity index (χ1) is 27.3. The average molecular weight is 737 g/mol. The Bertz CT molecular complexity index is 3190. The predicted molar refractivity (Wildman–Crippen MR) is 241 cm³/mol. The van der Waals surface area contributed by atoms with Crippen molar-refractivity contribution in [3.63, 3.8) is 0 Å². The van der Waals surface area contributed by atoms with E-state index in [9.17, 15) is 0 Å². The number of nitrogens with zero attached hydrogens (tertiary/aromatic N) is 2. The molecule has 0 amide bonds. The number of fused-ring (bicyclic) bond motifs is 9. The number of aryl methyl sites for hydroxylation is 2. The van der Waals surface area contributed by atoms with Gasteiger partial charge in [0.25, 0.3) is 0 Å². The van der Waals surface area contributed by atoms with Crippen LogP contribution in [0.4, 0.5) is 17.1 Å². The lowest BCUT2D eigenvalue weighted by molar-refractivity contribution is 0.660. The van der Waals surface area contributed by atoms with E-state index in [0.29, 0.717) is 0 Å². The van der Waals surface area contributed by atoms with Crippen LogP contribution in [-0.2, 0) is 5.41 Å². The zero-order chi connectivity index (χ0) is 37.7. The number of rotatable bonds is 5. The molecule has 0 bridgehead atoms. The van der Waals surface area contributed by atoms with Gasteiger partial charge >= 0.3 is 0 Å². The lowest BCUT2D eigenvalue weighted by atomic mass is 9.82. The van der Waals surface area contributed by atoms with Crippen molar-refractivity contribution in [1.82, 2.24) is 4.57 Å². The molecule has 0 unspecified atom stereocenters. The van der Waals surface area contributed by atoms with Gasteiger partial charge in [0, 0.05) is 48.7 Å². The first-order valence-electron chi connectivity index (χ1n) is 19.5. The van der Waals surface area contributed by atoms with E-state index in [4.69, 9.17) is 0 Å². The van der Waals surface area contributed by atoms with E-state index >= 15 is 0 Å². The molecule has 0 aliphatic heterocycles. The van der Waals surface area contributed by atoms with Crippen LogP contribution in [0.2, 0.25) is 0 Å². The molecule has 1 aliphatic carbocycles. The third kappa shape index (κ3) is 4.87. The smallest absolute Gasteiger partial charge is 0.0640 e. The molecule has 0 saturated carbocycles. The molecular weight excluding hydrogens is 697 g/mol. The highest BCUT2D eigenvalue weighted by Crippen LogP contribution is 2.52. The summed E-state index contributed by atoms with van der Waals surface area (Å²) < 4.78 is 5.04. The van der Waals surface area contributed by atoms with E-state index in [1.165, 1.54) is 104 Å². The molecule has 56 heavy (non-hydrogen) atoms. The maximum absolute atomic E-state index is 2.47. The number of hydrogen-bond acceptors (Lipinski definition) is 2. The predicted octanol–water partition coefficient (Wildman–Crippen LogP) is 15.2. The first-order valence-corrected chi connectivity index (χ1v) is 20.3. The normalized spacial score (nSPS) is 13.1. The molecule has 0 N–H and O–H groups in total. The van der Waals surface area contributed by atoms with E-state index < -0.39 is 0 Å². The van der Waals surface area contributed by atoms with Crippen molar-refractivity contribution in [2.45, 2.75) is 33.1 Å². The molecule has 3 heteroatoms. The highest BCUT2D eigenvalue weighted by Gasteiger charge is 2.36. The lowest BCUT2D eigenvalue weighted by Gasteiger charge is -2.28. The van der Waals surface area contributed by atoms with Gasteiger partial charge in [-0.2, -0.15) is 0 Å². The third-order valence-electron chi connectivity index (χ3n) is 12.2. The van der Waals surface area contributed by atoms with Gasteiger partial charge in [-0.25, -0.2) is 0 Å². The summed E-state index contributed by atoms with van der Waals surface area (Å²) in [5.41, 5.74) is 17.5. The summed E-state index contributed by atoms with van der Waals surface area (Å²) in [6, 6.07) is 63.3. The number of benzene rings is 8. The zero-order valence-corrected chi connectivity index (χ0v) is 32.8. The van der Waals surface area contributed by atoms with Gasteiger partial charge in [-0.3, -0.25) is 0 Å². The first kappa shape index (κ1) is 33.0. The molecule has 11 rings (SSSR count). The number of para-hydroxylation sites is 1. The fourth-order valence-corrected chi connectivity index (χ4v) is 10.5. The van der Waals surface area contributed by atoms with Crippen LogP contribution in [0, 0.1) is 13.8 Å². The Balaban J connectivity index is 1.06. The molecule has 0 spiro atoms. The molecule has 268 valence electrons. The monoisotopic (exact) mass is 736 g/mol. The zero-order valence-electron chi connectivity index (χ0n) is 32.0. The quantitative estimate of drug-likeness (QED) is 0.171. The molecule has 10 aromatic rings. The maximum atomic E-state index is 2.47. The van der Waals surface area contributed by atoms with Crippen LogP contribution in [0.25, 0.3) is 69.9 Å². The molecule has 2 nitrogen and oxygen atoms in total. The van der Waals surface area contributed by atoms with Gasteiger partial charge in [0.05, 0.1) is 21.4 Å². The second-order valence-corrected chi connectivity index (χ2v) is 17.0. The van der Waals surface area contributed by atoms with Gasteiger partial charge in [-0.1, -0.05) is 123 Å². The molecular formula is C53H40N2S. The van der Waals surface area contributed by atoms with Crippen LogP contribution < -0.4 is 4.90 Å². The molecule has 0 atom stereocenters. The van der Waals surface area contributed by atoms with Gasteiger partial charge in [0.1, 0.15) is 0 Å². The Kier molecular flexibility index (Phi) is 7.24. The second-order valence-electron chi connectivity index (χ2n) is 15.9. The van der Waals surface area contributed by atoms with Crippen LogP contribution in [0.3, 0.4) is 0 Å². The summed E-state index contributed by atoms with van der Waals surface area (Å²) in [7, 11) is 0. The van der Waals surface area contributed by atoms with Gasteiger partial charge in [-0.05, 0) is 119 Å². The maximum Gasteiger partial charge on any atom is 0.0640 e. The molecule has 0 radical (unpaired) electrons. The Morgan fingerprint density at radius 3 is 2.07 bits per heavy atom. The molecule has 2 aromatic heterocycles. The summed E-state index contributed by atoms with van der Waals surface area (Å²) in [5.74, 6) is 0. The van der Waals surface area contributed by atoms with Crippen molar-refractivity contribution in [1.29, 1.82) is 0 Å². The SMILES string of the molecule is Cc1ccc(C)c(-n2c3ccccc3c3cc(-c4ccc(N(c5ccc6c(c5)C(C)(C)c5ccccc5-6)c5cccc6c5sc5ccccc56)cc4)ccc32)c1. The van der Waals surface area contributed by atoms with E-state index in [-0.39, 0.29) is 5.41 Å². The molecule has 8 aromatic carbocycles.